The van der Waals surface area contributed by atoms with Crippen molar-refractivity contribution in [3.05, 3.63) is 72.7 Å². The van der Waals surface area contributed by atoms with Gasteiger partial charge in [-0.2, -0.15) is 4.98 Å². The smallest absolute Gasteiger partial charge is 0.260 e. The first kappa shape index (κ1) is 23.9. The Bertz CT molecular complexity index is 1540. The van der Waals surface area contributed by atoms with E-state index < -0.39 is 0 Å². The Hall–Kier alpha value is -4.47. The van der Waals surface area contributed by atoms with Gasteiger partial charge in [-0.05, 0) is 56.9 Å². The van der Waals surface area contributed by atoms with Gasteiger partial charge < -0.3 is 18.7 Å². The van der Waals surface area contributed by atoms with E-state index in [1.54, 1.807) is 13.4 Å². The van der Waals surface area contributed by atoms with Crippen LogP contribution in [0.4, 0.5) is 5.69 Å². The van der Waals surface area contributed by atoms with E-state index in [9.17, 15) is 0 Å². The molecule has 0 unspecified atom stereocenters. The van der Waals surface area contributed by atoms with Gasteiger partial charge in [0.1, 0.15) is 11.4 Å². The molecular weight excluding hydrogens is 480 g/mol. The van der Waals surface area contributed by atoms with Crippen molar-refractivity contribution in [2.45, 2.75) is 33.2 Å². The van der Waals surface area contributed by atoms with Gasteiger partial charge in [-0.3, -0.25) is 4.68 Å². The van der Waals surface area contributed by atoms with E-state index in [1.807, 2.05) is 65.8 Å². The fourth-order valence-corrected chi connectivity index (χ4v) is 5.08. The average molecular weight is 511 g/mol. The largest absolute Gasteiger partial charge is 0.495 e. The normalized spacial score (nSPS) is 14.2. The summed E-state index contributed by atoms with van der Waals surface area (Å²) < 4.78 is 15.0. The molecular formula is C28H30N8O2. The minimum Gasteiger partial charge on any atom is -0.495 e. The number of anilines is 1. The highest BCUT2D eigenvalue weighted by Crippen LogP contribution is 2.33. The van der Waals surface area contributed by atoms with Crippen LogP contribution in [0.25, 0.3) is 28.4 Å². The maximum Gasteiger partial charge on any atom is 0.260 e. The van der Waals surface area contributed by atoms with Gasteiger partial charge in [0, 0.05) is 37.1 Å². The van der Waals surface area contributed by atoms with Crippen molar-refractivity contribution in [1.82, 2.24) is 34.7 Å². The lowest BCUT2D eigenvalue weighted by Gasteiger charge is -2.34. The summed E-state index contributed by atoms with van der Waals surface area (Å²) in [6.07, 6.45) is 7.93. The number of hydrogen-bond donors (Lipinski definition) is 0. The number of aryl methyl sites for hydroxylation is 2. The van der Waals surface area contributed by atoms with Crippen LogP contribution >= 0.6 is 0 Å². The van der Waals surface area contributed by atoms with Crippen LogP contribution < -0.4 is 9.64 Å². The van der Waals surface area contributed by atoms with Gasteiger partial charge >= 0.3 is 0 Å². The molecule has 10 heteroatoms. The van der Waals surface area contributed by atoms with Crippen LogP contribution in [-0.2, 0) is 6.54 Å². The SMILES string of the molecule is COc1cc(-c2cn(CC3CCN(c4ccccc4-c4nc(C)no4)CC3)nn2)ccc1-n1cnc(C)c1. The molecule has 4 heterocycles. The third-order valence-corrected chi connectivity index (χ3v) is 7.07. The highest BCUT2D eigenvalue weighted by Gasteiger charge is 2.23. The second-order valence-electron chi connectivity index (χ2n) is 9.73. The second-order valence-corrected chi connectivity index (χ2v) is 9.73. The van der Waals surface area contributed by atoms with Crippen LogP contribution in [0.5, 0.6) is 5.75 Å². The van der Waals surface area contributed by atoms with E-state index in [0.717, 1.165) is 72.1 Å². The number of piperidine rings is 1. The maximum absolute atomic E-state index is 5.66. The first-order chi connectivity index (χ1) is 18.6. The van der Waals surface area contributed by atoms with E-state index in [4.69, 9.17) is 9.26 Å². The molecule has 0 bridgehead atoms. The van der Waals surface area contributed by atoms with Crippen molar-refractivity contribution in [1.29, 1.82) is 0 Å². The molecule has 194 valence electrons. The van der Waals surface area contributed by atoms with Crippen LogP contribution in [0.1, 0.15) is 24.4 Å². The summed E-state index contributed by atoms with van der Waals surface area (Å²) >= 11 is 0. The molecule has 0 saturated carbocycles. The summed E-state index contributed by atoms with van der Waals surface area (Å²) in [5, 5.41) is 12.8. The summed E-state index contributed by atoms with van der Waals surface area (Å²) in [4.78, 5) is 11.2. The van der Waals surface area contributed by atoms with Crippen molar-refractivity contribution in [3.63, 3.8) is 0 Å². The minimum atomic E-state index is 0.528. The number of rotatable bonds is 7. The van der Waals surface area contributed by atoms with Crippen molar-refractivity contribution < 1.29 is 9.26 Å². The van der Waals surface area contributed by atoms with E-state index in [0.29, 0.717) is 17.6 Å². The molecule has 5 aromatic rings. The summed E-state index contributed by atoms with van der Waals surface area (Å²) in [6.45, 7) is 6.57. The van der Waals surface area contributed by atoms with Crippen molar-refractivity contribution in [3.8, 4) is 34.1 Å². The van der Waals surface area contributed by atoms with Crippen LogP contribution in [-0.4, -0.2) is 54.9 Å². The van der Waals surface area contributed by atoms with E-state index in [1.165, 1.54) is 0 Å². The fraction of sp³-hybridized carbons (Fsp3) is 0.321. The first-order valence-electron chi connectivity index (χ1n) is 12.8. The van der Waals surface area contributed by atoms with Gasteiger partial charge in [0.2, 0.25) is 0 Å². The Morgan fingerprint density at radius 3 is 2.61 bits per heavy atom. The van der Waals surface area contributed by atoms with E-state index in [2.05, 4.69) is 42.5 Å². The molecule has 1 saturated heterocycles. The van der Waals surface area contributed by atoms with Crippen LogP contribution in [0.3, 0.4) is 0 Å². The number of methoxy groups -OCH3 is 1. The highest BCUT2D eigenvalue weighted by atomic mass is 16.5. The molecule has 0 radical (unpaired) electrons. The third kappa shape index (κ3) is 4.77. The summed E-state index contributed by atoms with van der Waals surface area (Å²) in [5.74, 6) is 2.50. The quantitative estimate of drug-likeness (QED) is 0.310. The predicted octanol–water partition coefficient (Wildman–Crippen LogP) is 4.72. The zero-order valence-electron chi connectivity index (χ0n) is 21.8. The monoisotopic (exact) mass is 510 g/mol. The van der Waals surface area contributed by atoms with Gasteiger partial charge in [0.25, 0.3) is 5.89 Å². The lowest BCUT2D eigenvalue weighted by molar-refractivity contribution is 0.339. The number of benzene rings is 2. The minimum absolute atomic E-state index is 0.528. The van der Waals surface area contributed by atoms with Crippen LogP contribution in [0.15, 0.2) is 65.7 Å². The Labute approximate surface area is 220 Å². The molecule has 38 heavy (non-hydrogen) atoms. The second kappa shape index (κ2) is 10.1. The number of ether oxygens (including phenoxy) is 1. The lowest BCUT2D eigenvalue weighted by atomic mass is 9.96. The van der Waals surface area contributed by atoms with Crippen molar-refractivity contribution >= 4 is 5.69 Å². The fourth-order valence-electron chi connectivity index (χ4n) is 5.08. The van der Waals surface area contributed by atoms with Gasteiger partial charge in [0.15, 0.2) is 5.82 Å². The third-order valence-electron chi connectivity index (χ3n) is 7.07. The molecule has 2 aromatic carbocycles. The predicted molar refractivity (Wildman–Crippen MR) is 143 cm³/mol. The van der Waals surface area contributed by atoms with E-state index >= 15 is 0 Å². The lowest BCUT2D eigenvalue weighted by Crippen LogP contribution is -2.35. The number of nitrogens with zero attached hydrogens (tertiary/aromatic N) is 8. The number of hydrogen-bond acceptors (Lipinski definition) is 8. The molecule has 0 atom stereocenters. The molecule has 1 aliphatic heterocycles. The molecule has 0 aliphatic carbocycles. The Kier molecular flexibility index (Phi) is 6.36. The molecule has 0 amide bonds. The van der Waals surface area contributed by atoms with E-state index in [-0.39, 0.29) is 0 Å². The zero-order valence-corrected chi connectivity index (χ0v) is 21.8. The van der Waals surface area contributed by atoms with Crippen molar-refractivity contribution in [2.24, 2.45) is 5.92 Å². The Morgan fingerprint density at radius 1 is 1.03 bits per heavy atom. The summed E-state index contributed by atoms with van der Waals surface area (Å²) in [5.41, 5.74) is 5.81. The molecule has 0 N–H and O–H groups in total. The van der Waals surface area contributed by atoms with Gasteiger partial charge in [0.05, 0.1) is 36.6 Å². The number of para-hydroxylation sites is 1. The topological polar surface area (TPSA) is 99.9 Å². The standard InChI is InChI=1S/C28H30N8O2/c1-19-15-35(18-29-19)26-9-8-22(14-27(26)37-3)24-17-36(33-31-24)16-21-10-12-34(13-11-21)25-7-5-4-6-23(25)28-30-20(2)32-38-28/h4-9,14-15,17-18,21H,10-13,16H2,1-3H3. The average Bonchev–Trinajstić information content (AvgIpc) is 3.70. The molecule has 1 fully saturated rings. The molecule has 1 aliphatic rings. The number of aromatic nitrogens is 7. The van der Waals surface area contributed by atoms with Crippen LogP contribution in [0, 0.1) is 19.8 Å². The van der Waals surface area contributed by atoms with Crippen LogP contribution in [0.2, 0.25) is 0 Å². The molecule has 0 spiro atoms. The van der Waals surface area contributed by atoms with Crippen molar-refractivity contribution in [2.75, 3.05) is 25.1 Å². The maximum atomic E-state index is 5.66. The Morgan fingerprint density at radius 2 is 1.87 bits per heavy atom. The van der Waals surface area contributed by atoms with Gasteiger partial charge in [-0.15, -0.1) is 5.10 Å². The molecule has 10 nitrogen and oxygen atoms in total. The Balaban J connectivity index is 1.11. The summed E-state index contributed by atoms with van der Waals surface area (Å²) in [6, 6.07) is 14.3. The molecule has 3 aromatic heterocycles. The zero-order chi connectivity index (χ0) is 26.1. The van der Waals surface area contributed by atoms with Gasteiger partial charge in [-0.1, -0.05) is 28.6 Å². The molecule has 6 rings (SSSR count). The summed E-state index contributed by atoms with van der Waals surface area (Å²) in [7, 11) is 1.68. The number of imidazole rings is 1. The first-order valence-corrected chi connectivity index (χ1v) is 12.8. The highest BCUT2D eigenvalue weighted by molar-refractivity contribution is 5.73. The van der Waals surface area contributed by atoms with Gasteiger partial charge in [-0.25, -0.2) is 4.98 Å².